The van der Waals surface area contributed by atoms with E-state index in [9.17, 15) is 9.18 Å². The molecule has 0 aliphatic carbocycles. The Bertz CT molecular complexity index is 639. The van der Waals surface area contributed by atoms with E-state index in [0.717, 1.165) is 12.0 Å². The van der Waals surface area contributed by atoms with Crippen LogP contribution in [0.2, 0.25) is 0 Å². The summed E-state index contributed by atoms with van der Waals surface area (Å²) in [6.45, 7) is 1.07. The van der Waals surface area contributed by atoms with E-state index >= 15 is 0 Å². The summed E-state index contributed by atoms with van der Waals surface area (Å²) in [5.41, 5.74) is 2.84. The lowest BCUT2D eigenvalue weighted by molar-refractivity contribution is 0.0411. The Morgan fingerprint density at radius 3 is 2.76 bits per heavy atom. The lowest BCUT2D eigenvalue weighted by Crippen LogP contribution is -2.31. The van der Waals surface area contributed by atoms with Crippen LogP contribution in [0.1, 0.15) is 27.6 Å². The number of amides is 1. The van der Waals surface area contributed by atoms with Gasteiger partial charge in [0.05, 0.1) is 6.61 Å². The van der Waals surface area contributed by atoms with E-state index in [0.29, 0.717) is 18.7 Å². The minimum absolute atomic E-state index is 0.126. The minimum Gasteiger partial charge on any atom is -0.371 e. The summed E-state index contributed by atoms with van der Waals surface area (Å²) in [5, 5.41) is 2.84. The highest BCUT2D eigenvalue weighted by molar-refractivity contribution is 5.94. The van der Waals surface area contributed by atoms with Crippen LogP contribution >= 0.6 is 0 Å². The molecule has 1 aliphatic heterocycles. The average Bonchev–Trinajstić information content (AvgIpc) is 2.53. The smallest absolute Gasteiger partial charge is 0.251 e. The third-order valence-corrected chi connectivity index (χ3v) is 3.65. The van der Waals surface area contributed by atoms with Gasteiger partial charge < -0.3 is 10.1 Å². The zero-order valence-electron chi connectivity index (χ0n) is 11.5. The molecule has 1 N–H and O–H groups in total. The first-order valence-corrected chi connectivity index (χ1v) is 6.97. The molecule has 0 fully saturated rings. The van der Waals surface area contributed by atoms with Crippen molar-refractivity contribution in [3.63, 3.8) is 0 Å². The summed E-state index contributed by atoms with van der Waals surface area (Å²) >= 11 is 0. The highest BCUT2D eigenvalue weighted by Gasteiger charge is 2.21. The minimum atomic E-state index is -0.351. The van der Waals surface area contributed by atoms with E-state index in [1.165, 1.54) is 29.8 Å². The zero-order chi connectivity index (χ0) is 14.7. The summed E-state index contributed by atoms with van der Waals surface area (Å²) in [7, 11) is 0. The average molecular weight is 285 g/mol. The van der Waals surface area contributed by atoms with Crippen LogP contribution in [0.25, 0.3) is 0 Å². The Morgan fingerprint density at radius 2 is 1.95 bits per heavy atom. The van der Waals surface area contributed by atoms with Crippen LogP contribution in [0.3, 0.4) is 0 Å². The lowest BCUT2D eigenvalue weighted by Gasteiger charge is -2.26. The first-order valence-electron chi connectivity index (χ1n) is 6.97. The maximum Gasteiger partial charge on any atom is 0.251 e. The molecule has 3 nitrogen and oxygen atoms in total. The van der Waals surface area contributed by atoms with Crippen molar-refractivity contribution in [1.29, 1.82) is 0 Å². The van der Waals surface area contributed by atoms with Crippen molar-refractivity contribution < 1.29 is 13.9 Å². The number of fused-ring (bicyclic) bond motifs is 1. The highest BCUT2D eigenvalue weighted by atomic mass is 19.1. The van der Waals surface area contributed by atoms with Gasteiger partial charge in [-0.15, -0.1) is 0 Å². The second-order valence-corrected chi connectivity index (χ2v) is 5.03. The SMILES string of the molecule is O=C(NC[C@H]1OCCc2ccccc21)c1ccc(F)cc1. The molecule has 0 spiro atoms. The molecule has 1 heterocycles. The monoisotopic (exact) mass is 285 g/mol. The third kappa shape index (κ3) is 3.11. The first kappa shape index (κ1) is 13.8. The van der Waals surface area contributed by atoms with Crippen molar-refractivity contribution >= 4 is 5.91 Å². The van der Waals surface area contributed by atoms with Crippen LogP contribution in [-0.2, 0) is 11.2 Å². The Labute approximate surface area is 122 Å². The van der Waals surface area contributed by atoms with Crippen molar-refractivity contribution in [2.75, 3.05) is 13.2 Å². The topological polar surface area (TPSA) is 38.3 Å². The summed E-state index contributed by atoms with van der Waals surface area (Å²) < 4.78 is 18.6. The molecule has 2 aromatic carbocycles. The first-order chi connectivity index (χ1) is 10.2. The molecule has 4 heteroatoms. The number of hydrogen-bond acceptors (Lipinski definition) is 2. The van der Waals surface area contributed by atoms with Gasteiger partial charge in [0.1, 0.15) is 11.9 Å². The molecule has 0 saturated carbocycles. The normalized spacial score (nSPS) is 17.1. The van der Waals surface area contributed by atoms with Gasteiger partial charge in [-0.2, -0.15) is 0 Å². The number of carbonyl (C=O) groups excluding carboxylic acids is 1. The molecule has 1 atom stereocenters. The predicted octanol–water partition coefficient (Wildman–Crippen LogP) is 2.87. The van der Waals surface area contributed by atoms with E-state index < -0.39 is 0 Å². The van der Waals surface area contributed by atoms with E-state index in [2.05, 4.69) is 11.4 Å². The quantitative estimate of drug-likeness (QED) is 0.941. The lowest BCUT2D eigenvalue weighted by atomic mass is 9.97. The summed E-state index contributed by atoms with van der Waals surface area (Å²) in [6.07, 6.45) is 0.776. The number of hydrogen-bond donors (Lipinski definition) is 1. The Morgan fingerprint density at radius 1 is 1.19 bits per heavy atom. The molecule has 1 amide bonds. The maximum absolute atomic E-state index is 12.8. The van der Waals surface area contributed by atoms with Crippen LogP contribution in [0.5, 0.6) is 0 Å². The second kappa shape index (κ2) is 6.06. The van der Waals surface area contributed by atoms with Crippen LogP contribution in [0, 0.1) is 5.82 Å². The summed E-state index contributed by atoms with van der Waals surface area (Å²) in [5.74, 6) is -0.572. The van der Waals surface area contributed by atoms with Crippen LogP contribution in [0.4, 0.5) is 4.39 Å². The largest absolute Gasteiger partial charge is 0.371 e. The molecule has 0 radical (unpaired) electrons. The molecule has 0 aromatic heterocycles. The number of nitrogens with one attached hydrogen (secondary N) is 1. The Kier molecular flexibility index (Phi) is 3.97. The number of halogens is 1. The van der Waals surface area contributed by atoms with Crippen molar-refractivity contribution in [3.05, 3.63) is 71.0 Å². The van der Waals surface area contributed by atoms with Gasteiger partial charge in [0, 0.05) is 12.1 Å². The standard InChI is InChI=1S/C17H16FNO2/c18-14-7-5-13(6-8-14)17(20)19-11-16-15-4-2-1-3-12(15)9-10-21-16/h1-8,16H,9-11H2,(H,19,20)/t16-/m1/s1. The molecule has 0 bridgehead atoms. The molecule has 0 saturated heterocycles. The van der Waals surface area contributed by atoms with E-state index in [4.69, 9.17) is 4.74 Å². The van der Waals surface area contributed by atoms with E-state index in [-0.39, 0.29) is 17.8 Å². The van der Waals surface area contributed by atoms with Gasteiger partial charge in [-0.3, -0.25) is 4.79 Å². The van der Waals surface area contributed by atoms with Crippen LogP contribution in [0.15, 0.2) is 48.5 Å². The van der Waals surface area contributed by atoms with Crippen LogP contribution in [-0.4, -0.2) is 19.1 Å². The molecular weight excluding hydrogens is 269 g/mol. The fourth-order valence-electron chi connectivity index (χ4n) is 2.53. The van der Waals surface area contributed by atoms with Gasteiger partial charge in [0.25, 0.3) is 5.91 Å². The number of rotatable bonds is 3. The van der Waals surface area contributed by atoms with Gasteiger partial charge in [0.2, 0.25) is 0 Å². The summed E-state index contributed by atoms with van der Waals surface area (Å²) in [4.78, 5) is 12.0. The van der Waals surface area contributed by atoms with Crippen molar-refractivity contribution in [2.24, 2.45) is 0 Å². The van der Waals surface area contributed by atoms with Crippen molar-refractivity contribution in [1.82, 2.24) is 5.32 Å². The van der Waals surface area contributed by atoms with E-state index in [1.807, 2.05) is 18.2 Å². The molecule has 2 aromatic rings. The Hall–Kier alpha value is -2.20. The number of benzene rings is 2. The fraction of sp³-hybridized carbons (Fsp3) is 0.235. The van der Waals surface area contributed by atoms with Crippen molar-refractivity contribution in [3.8, 4) is 0 Å². The Balaban J connectivity index is 1.66. The third-order valence-electron chi connectivity index (χ3n) is 3.65. The fourth-order valence-corrected chi connectivity index (χ4v) is 2.53. The maximum atomic E-state index is 12.8. The van der Waals surface area contributed by atoms with Gasteiger partial charge in [-0.05, 0) is 41.8 Å². The molecule has 21 heavy (non-hydrogen) atoms. The van der Waals surface area contributed by atoms with Crippen LogP contribution < -0.4 is 5.32 Å². The molecule has 1 aliphatic rings. The second-order valence-electron chi connectivity index (χ2n) is 5.03. The molecule has 0 unspecified atom stereocenters. The predicted molar refractivity (Wildman–Crippen MR) is 77.6 cm³/mol. The zero-order valence-corrected chi connectivity index (χ0v) is 11.5. The highest BCUT2D eigenvalue weighted by Crippen LogP contribution is 2.26. The van der Waals surface area contributed by atoms with E-state index in [1.54, 1.807) is 0 Å². The van der Waals surface area contributed by atoms with Gasteiger partial charge >= 0.3 is 0 Å². The molecule has 108 valence electrons. The summed E-state index contributed by atoms with van der Waals surface area (Å²) in [6, 6.07) is 13.6. The number of ether oxygens (including phenoxy) is 1. The molecular formula is C17H16FNO2. The number of carbonyl (C=O) groups is 1. The van der Waals surface area contributed by atoms with Gasteiger partial charge in [0.15, 0.2) is 0 Å². The van der Waals surface area contributed by atoms with Gasteiger partial charge in [-0.1, -0.05) is 24.3 Å². The van der Waals surface area contributed by atoms with Gasteiger partial charge in [-0.25, -0.2) is 4.39 Å². The van der Waals surface area contributed by atoms with Crippen molar-refractivity contribution in [2.45, 2.75) is 12.5 Å². The molecule has 3 rings (SSSR count).